The maximum atomic E-state index is 11.9. The zero-order valence-corrected chi connectivity index (χ0v) is 16.0. The molecule has 0 aliphatic rings. The molecule has 0 heterocycles. The highest BCUT2D eigenvalue weighted by Crippen LogP contribution is 2.15. The van der Waals surface area contributed by atoms with Gasteiger partial charge in [0.2, 0.25) is 0 Å². The third-order valence-corrected chi connectivity index (χ3v) is 4.41. The summed E-state index contributed by atoms with van der Waals surface area (Å²) in [5, 5.41) is 2.99. The molecule has 0 radical (unpaired) electrons. The summed E-state index contributed by atoms with van der Waals surface area (Å²) in [6, 6.07) is 9.39. The Labute approximate surface area is 154 Å². The number of carbonyl (C=O) groups excluding carboxylic acids is 1. The second-order valence-electron chi connectivity index (χ2n) is 6.42. The SMILES string of the molecule is CCCCCCCCC(CN)CCCNC(=O)c1ccccc1.Cl. The van der Waals surface area contributed by atoms with E-state index < -0.39 is 0 Å². The molecular formula is C20H35ClN2O. The first-order valence-corrected chi connectivity index (χ1v) is 9.31. The Morgan fingerprint density at radius 3 is 2.29 bits per heavy atom. The van der Waals surface area contributed by atoms with E-state index >= 15 is 0 Å². The van der Waals surface area contributed by atoms with Crippen molar-refractivity contribution in [1.82, 2.24) is 5.32 Å². The van der Waals surface area contributed by atoms with Gasteiger partial charge < -0.3 is 11.1 Å². The molecule has 0 fully saturated rings. The van der Waals surface area contributed by atoms with Crippen LogP contribution >= 0.6 is 12.4 Å². The summed E-state index contributed by atoms with van der Waals surface area (Å²) in [7, 11) is 0. The third-order valence-electron chi connectivity index (χ3n) is 4.41. The van der Waals surface area contributed by atoms with Crippen LogP contribution in [0.2, 0.25) is 0 Å². The van der Waals surface area contributed by atoms with E-state index in [1.165, 1.54) is 44.9 Å². The van der Waals surface area contributed by atoms with Crippen LogP contribution in [0.3, 0.4) is 0 Å². The van der Waals surface area contributed by atoms with Gasteiger partial charge in [-0.2, -0.15) is 0 Å². The van der Waals surface area contributed by atoms with E-state index in [1.807, 2.05) is 30.3 Å². The molecular weight excluding hydrogens is 320 g/mol. The zero-order chi connectivity index (χ0) is 16.8. The Morgan fingerprint density at radius 1 is 1.00 bits per heavy atom. The molecule has 1 aromatic rings. The molecule has 1 aromatic carbocycles. The summed E-state index contributed by atoms with van der Waals surface area (Å²) in [6.07, 6.45) is 11.4. The van der Waals surface area contributed by atoms with Crippen molar-refractivity contribution in [3.63, 3.8) is 0 Å². The van der Waals surface area contributed by atoms with Gasteiger partial charge in [0.05, 0.1) is 0 Å². The summed E-state index contributed by atoms with van der Waals surface area (Å²) < 4.78 is 0. The normalized spacial score (nSPS) is 11.6. The number of unbranched alkanes of at least 4 members (excludes halogenated alkanes) is 5. The molecule has 1 unspecified atom stereocenters. The highest BCUT2D eigenvalue weighted by Gasteiger charge is 2.07. The van der Waals surface area contributed by atoms with E-state index in [2.05, 4.69) is 12.2 Å². The van der Waals surface area contributed by atoms with E-state index in [9.17, 15) is 4.79 Å². The Kier molecular flexibility index (Phi) is 14.8. The van der Waals surface area contributed by atoms with Crippen LogP contribution < -0.4 is 11.1 Å². The number of rotatable bonds is 13. The van der Waals surface area contributed by atoms with Gasteiger partial charge >= 0.3 is 0 Å². The largest absolute Gasteiger partial charge is 0.352 e. The van der Waals surface area contributed by atoms with Crippen LogP contribution in [0.5, 0.6) is 0 Å². The van der Waals surface area contributed by atoms with Crippen LogP contribution in [0.15, 0.2) is 30.3 Å². The first kappa shape index (κ1) is 22.9. The van der Waals surface area contributed by atoms with Gasteiger partial charge in [-0.05, 0) is 43.9 Å². The monoisotopic (exact) mass is 354 g/mol. The smallest absolute Gasteiger partial charge is 0.251 e. The minimum absolute atomic E-state index is 0. The molecule has 0 aliphatic heterocycles. The van der Waals surface area contributed by atoms with Gasteiger partial charge in [-0.3, -0.25) is 4.79 Å². The topological polar surface area (TPSA) is 55.1 Å². The Hall–Kier alpha value is -1.06. The summed E-state index contributed by atoms with van der Waals surface area (Å²) in [5.74, 6) is 0.626. The molecule has 138 valence electrons. The number of hydrogen-bond acceptors (Lipinski definition) is 2. The fourth-order valence-electron chi connectivity index (χ4n) is 2.88. The zero-order valence-electron chi connectivity index (χ0n) is 15.1. The van der Waals surface area contributed by atoms with Gasteiger partial charge in [-0.25, -0.2) is 0 Å². The lowest BCUT2D eigenvalue weighted by Gasteiger charge is -2.14. The Morgan fingerprint density at radius 2 is 1.62 bits per heavy atom. The van der Waals surface area contributed by atoms with Crippen LogP contribution in [-0.2, 0) is 0 Å². The van der Waals surface area contributed by atoms with Crippen molar-refractivity contribution < 1.29 is 4.79 Å². The predicted molar refractivity (Wildman–Crippen MR) is 106 cm³/mol. The van der Waals surface area contributed by atoms with E-state index in [4.69, 9.17) is 5.73 Å². The van der Waals surface area contributed by atoms with E-state index in [0.717, 1.165) is 31.5 Å². The molecule has 0 aromatic heterocycles. The van der Waals surface area contributed by atoms with Crippen molar-refractivity contribution in [2.24, 2.45) is 11.7 Å². The average molecular weight is 355 g/mol. The van der Waals surface area contributed by atoms with Crippen molar-refractivity contribution in [2.45, 2.75) is 64.7 Å². The molecule has 0 aliphatic carbocycles. The van der Waals surface area contributed by atoms with E-state index in [-0.39, 0.29) is 18.3 Å². The van der Waals surface area contributed by atoms with Crippen LogP contribution in [0.25, 0.3) is 0 Å². The molecule has 24 heavy (non-hydrogen) atoms. The van der Waals surface area contributed by atoms with Crippen molar-refractivity contribution in [3.05, 3.63) is 35.9 Å². The van der Waals surface area contributed by atoms with Gasteiger partial charge in [0.25, 0.3) is 5.91 Å². The average Bonchev–Trinajstić information content (AvgIpc) is 2.60. The van der Waals surface area contributed by atoms with Gasteiger partial charge in [0.15, 0.2) is 0 Å². The second-order valence-corrected chi connectivity index (χ2v) is 6.42. The van der Waals surface area contributed by atoms with Gasteiger partial charge in [-0.1, -0.05) is 63.6 Å². The molecule has 0 saturated heterocycles. The van der Waals surface area contributed by atoms with E-state index in [0.29, 0.717) is 5.92 Å². The lowest BCUT2D eigenvalue weighted by Crippen LogP contribution is -2.25. The molecule has 0 bridgehead atoms. The first-order valence-electron chi connectivity index (χ1n) is 9.31. The molecule has 3 N–H and O–H groups in total. The van der Waals surface area contributed by atoms with Crippen LogP contribution in [0, 0.1) is 5.92 Å². The fourth-order valence-corrected chi connectivity index (χ4v) is 2.88. The third kappa shape index (κ3) is 10.7. The van der Waals surface area contributed by atoms with E-state index in [1.54, 1.807) is 0 Å². The number of hydrogen-bond donors (Lipinski definition) is 2. The summed E-state index contributed by atoms with van der Waals surface area (Å²) in [5.41, 5.74) is 6.61. The highest BCUT2D eigenvalue weighted by molar-refractivity contribution is 5.94. The molecule has 1 rings (SSSR count). The maximum absolute atomic E-state index is 11.9. The number of nitrogens with one attached hydrogen (secondary N) is 1. The lowest BCUT2D eigenvalue weighted by atomic mass is 9.96. The molecule has 1 amide bonds. The summed E-state index contributed by atoms with van der Waals surface area (Å²) >= 11 is 0. The minimum Gasteiger partial charge on any atom is -0.352 e. The van der Waals surface area contributed by atoms with Crippen LogP contribution in [0.1, 0.15) is 75.1 Å². The standard InChI is InChI=1S/C20H34N2O.ClH/c1-2-3-4-5-6-8-12-18(17-21)13-11-16-22-20(23)19-14-9-7-10-15-19;/h7,9-10,14-15,18H,2-6,8,11-13,16-17,21H2,1H3,(H,22,23);1H. The quantitative estimate of drug-likeness (QED) is 0.493. The Bertz CT molecular complexity index is 411. The number of halogens is 1. The number of carbonyl (C=O) groups is 1. The van der Waals surface area contributed by atoms with Gasteiger partial charge in [-0.15, -0.1) is 12.4 Å². The number of benzene rings is 1. The first-order chi connectivity index (χ1) is 11.3. The molecule has 1 atom stereocenters. The highest BCUT2D eigenvalue weighted by atomic mass is 35.5. The van der Waals surface area contributed by atoms with Gasteiger partial charge in [0, 0.05) is 12.1 Å². The molecule has 3 nitrogen and oxygen atoms in total. The van der Waals surface area contributed by atoms with Crippen molar-refractivity contribution in [3.8, 4) is 0 Å². The Balaban J connectivity index is 0.00000529. The number of amides is 1. The van der Waals surface area contributed by atoms with Crippen molar-refractivity contribution >= 4 is 18.3 Å². The van der Waals surface area contributed by atoms with Gasteiger partial charge in [0.1, 0.15) is 0 Å². The number of nitrogens with two attached hydrogens (primary N) is 1. The molecule has 0 spiro atoms. The molecule has 4 heteroatoms. The fraction of sp³-hybridized carbons (Fsp3) is 0.650. The van der Waals surface area contributed by atoms with Crippen molar-refractivity contribution in [2.75, 3.05) is 13.1 Å². The van der Waals surface area contributed by atoms with Crippen molar-refractivity contribution in [1.29, 1.82) is 0 Å². The maximum Gasteiger partial charge on any atom is 0.251 e. The van der Waals surface area contributed by atoms with Crippen LogP contribution in [0.4, 0.5) is 0 Å². The minimum atomic E-state index is 0. The lowest BCUT2D eigenvalue weighted by molar-refractivity contribution is 0.0952. The predicted octanol–water partition coefficient (Wildman–Crippen LogP) is 4.94. The summed E-state index contributed by atoms with van der Waals surface area (Å²) in [6.45, 7) is 3.75. The van der Waals surface area contributed by atoms with Crippen LogP contribution in [-0.4, -0.2) is 19.0 Å². The molecule has 0 saturated carbocycles. The second kappa shape index (κ2) is 15.5. The summed E-state index contributed by atoms with van der Waals surface area (Å²) in [4.78, 5) is 11.9.